The maximum absolute atomic E-state index is 6.54. The Kier molecular flexibility index (Phi) is 5.65. The third-order valence-corrected chi connectivity index (χ3v) is 5.73. The molecule has 3 nitrogen and oxygen atoms in total. The SMILES string of the molecule is CCn1c(C(C)=NC)c(C)c2cc(Cl)cc(-c3ccc(Oc4ccccc4)cc3)c21. The summed E-state index contributed by atoms with van der Waals surface area (Å²) in [5.74, 6) is 1.63. The van der Waals surface area contributed by atoms with E-state index in [0.29, 0.717) is 0 Å². The van der Waals surface area contributed by atoms with Gasteiger partial charge in [-0.1, -0.05) is 41.9 Å². The highest BCUT2D eigenvalue weighted by Gasteiger charge is 2.19. The summed E-state index contributed by atoms with van der Waals surface area (Å²) in [5, 5.41) is 1.90. The third-order valence-electron chi connectivity index (χ3n) is 5.51. The molecule has 0 aliphatic carbocycles. The molecule has 0 bridgehead atoms. The molecule has 4 rings (SSSR count). The van der Waals surface area contributed by atoms with Crippen LogP contribution in [-0.4, -0.2) is 17.3 Å². The Labute approximate surface area is 182 Å². The van der Waals surface area contributed by atoms with E-state index < -0.39 is 0 Å². The van der Waals surface area contributed by atoms with Crippen LogP contribution in [0.15, 0.2) is 71.7 Å². The highest BCUT2D eigenvalue weighted by atomic mass is 35.5. The zero-order chi connectivity index (χ0) is 21.3. The van der Waals surface area contributed by atoms with Crippen LogP contribution in [0.25, 0.3) is 22.0 Å². The van der Waals surface area contributed by atoms with Gasteiger partial charge < -0.3 is 9.30 Å². The van der Waals surface area contributed by atoms with Gasteiger partial charge in [0.25, 0.3) is 0 Å². The summed E-state index contributed by atoms with van der Waals surface area (Å²) >= 11 is 6.54. The quantitative estimate of drug-likeness (QED) is 0.309. The molecule has 0 amide bonds. The molecule has 30 heavy (non-hydrogen) atoms. The van der Waals surface area contributed by atoms with Gasteiger partial charge in [-0.2, -0.15) is 0 Å². The third kappa shape index (κ3) is 3.61. The number of aromatic nitrogens is 1. The number of halogens is 1. The first kappa shape index (κ1) is 20.2. The van der Waals surface area contributed by atoms with Gasteiger partial charge in [0.05, 0.1) is 16.9 Å². The summed E-state index contributed by atoms with van der Waals surface area (Å²) in [4.78, 5) is 4.45. The van der Waals surface area contributed by atoms with E-state index >= 15 is 0 Å². The summed E-state index contributed by atoms with van der Waals surface area (Å²) in [7, 11) is 1.84. The van der Waals surface area contributed by atoms with Crippen molar-refractivity contribution < 1.29 is 4.74 Å². The lowest BCUT2D eigenvalue weighted by Crippen LogP contribution is -2.07. The van der Waals surface area contributed by atoms with Gasteiger partial charge in [-0.15, -0.1) is 0 Å². The van der Waals surface area contributed by atoms with Crippen molar-refractivity contribution in [1.29, 1.82) is 0 Å². The molecule has 1 aromatic heterocycles. The maximum atomic E-state index is 6.54. The smallest absolute Gasteiger partial charge is 0.127 e. The van der Waals surface area contributed by atoms with E-state index in [4.69, 9.17) is 16.3 Å². The van der Waals surface area contributed by atoms with Crippen molar-refractivity contribution in [2.75, 3.05) is 7.05 Å². The number of fused-ring (bicyclic) bond motifs is 1. The van der Waals surface area contributed by atoms with Crippen molar-refractivity contribution in [2.24, 2.45) is 4.99 Å². The van der Waals surface area contributed by atoms with Crippen molar-refractivity contribution >= 4 is 28.2 Å². The number of aryl methyl sites for hydroxylation is 2. The highest BCUT2D eigenvalue weighted by molar-refractivity contribution is 6.32. The number of ether oxygens (including phenoxy) is 1. The van der Waals surface area contributed by atoms with Crippen LogP contribution in [0.3, 0.4) is 0 Å². The first-order chi connectivity index (χ1) is 14.5. The zero-order valence-electron chi connectivity index (χ0n) is 17.7. The fourth-order valence-corrected chi connectivity index (χ4v) is 4.27. The fraction of sp³-hybridized carbons (Fsp3) is 0.192. The molecular weight excluding hydrogens is 392 g/mol. The minimum atomic E-state index is 0.733. The lowest BCUT2D eigenvalue weighted by molar-refractivity contribution is 0.483. The van der Waals surface area contributed by atoms with E-state index in [0.717, 1.165) is 39.9 Å². The van der Waals surface area contributed by atoms with Gasteiger partial charge in [0.1, 0.15) is 11.5 Å². The van der Waals surface area contributed by atoms with E-state index in [1.807, 2.05) is 55.6 Å². The number of hydrogen-bond donors (Lipinski definition) is 0. The minimum absolute atomic E-state index is 0.733. The molecule has 0 spiro atoms. The van der Waals surface area contributed by atoms with Crippen LogP contribution >= 0.6 is 11.6 Å². The Morgan fingerprint density at radius 2 is 1.67 bits per heavy atom. The van der Waals surface area contributed by atoms with Gasteiger partial charge in [-0.05, 0) is 68.3 Å². The molecule has 152 valence electrons. The second-order valence-electron chi connectivity index (χ2n) is 7.32. The molecule has 0 unspecified atom stereocenters. The second kappa shape index (κ2) is 8.37. The number of nitrogens with zero attached hydrogens (tertiary/aromatic N) is 2. The molecule has 0 fully saturated rings. The summed E-state index contributed by atoms with van der Waals surface area (Å²) in [6, 6.07) is 22.1. The summed E-state index contributed by atoms with van der Waals surface area (Å²) in [6.07, 6.45) is 0. The van der Waals surface area contributed by atoms with Crippen LogP contribution in [0.4, 0.5) is 0 Å². The molecule has 0 aliphatic rings. The first-order valence-electron chi connectivity index (χ1n) is 10.1. The molecule has 0 N–H and O–H groups in total. The molecule has 0 aliphatic heterocycles. The van der Waals surface area contributed by atoms with E-state index in [-0.39, 0.29) is 0 Å². The Balaban J connectivity index is 1.84. The highest BCUT2D eigenvalue weighted by Crippen LogP contribution is 2.38. The van der Waals surface area contributed by atoms with Crippen molar-refractivity contribution in [3.63, 3.8) is 0 Å². The van der Waals surface area contributed by atoms with Crippen LogP contribution in [0.1, 0.15) is 25.1 Å². The first-order valence-corrected chi connectivity index (χ1v) is 10.5. The van der Waals surface area contributed by atoms with Crippen molar-refractivity contribution in [3.05, 3.63) is 83.0 Å². The average Bonchev–Trinajstić information content (AvgIpc) is 3.05. The number of rotatable bonds is 5. The van der Waals surface area contributed by atoms with E-state index in [1.165, 1.54) is 22.2 Å². The van der Waals surface area contributed by atoms with E-state index in [9.17, 15) is 0 Å². The van der Waals surface area contributed by atoms with Crippen LogP contribution in [0.5, 0.6) is 11.5 Å². The average molecular weight is 417 g/mol. The summed E-state index contributed by atoms with van der Waals surface area (Å²) in [5.41, 5.74) is 6.82. The number of hydrogen-bond acceptors (Lipinski definition) is 2. The predicted molar refractivity (Wildman–Crippen MR) is 127 cm³/mol. The monoisotopic (exact) mass is 416 g/mol. The topological polar surface area (TPSA) is 26.5 Å². The van der Waals surface area contributed by atoms with Gasteiger partial charge in [0, 0.05) is 29.6 Å². The Morgan fingerprint density at radius 1 is 1.00 bits per heavy atom. The lowest BCUT2D eigenvalue weighted by atomic mass is 10.0. The Morgan fingerprint density at radius 3 is 2.30 bits per heavy atom. The summed E-state index contributed by atoms with van der Waals surface area (Å²) in [6.45, 7) is 7.23. The maximum Gasteiger partial charge on any atom is 0.127 e. The molecule has 3 aromatic carbocycles. The van der Waals surface area contributed by atoms with Crippen molar-refractivity contribution in [1.82, 2.24) is 4.57 Å². The minimum Gasteiger partial charge on any atom is -0.457 e. The number of para-hydroxylation sites is 1. The van der Waals surface area contributed by atoms with Gasteiger partial charge in [0.15, 0.2) is 0 Å². The molecule has 0 saturated carbocycles. The van der Waals surface area contributed by atoms with Gasteiger partial charge in [-0.3, -0.25) is 4.99 Å². The van der Waals surface area contributed by atoms with Crippen molar-refractivity contribution in [3.8, 4) is 22.6 Å². The van der Waals surface area contributed by atoms with Gasteiger partial charge in [0.2, 0.25) is 0 Å². The second-order valence-corrected chi connectivity index (χ2v) is 7.75. The van der Waals surface area contributed by atoms with Gasteiger partial charge in [-0.25, -0.2) is 0 Å². The van der Waals surface area contributed by atoms with Crippen LogP contribution < -0.4 is 4.74 Å². The molecule has 0 atom stereocenters. The fourth-order valence-electron chi connectivity index (χ4n) is 4.05. The Hall–Kier alpha value is -3.04. The molecular formula is C26H25ClN2O. The normalized spacial score (nSPS) is 11.8. The molecule has 1 heterocycles. The molecule has 4 heteroatoms. The molecule has 0 radical (unpaired) electrons. The summed E-state index contributed by atoms with van der Waals surface area (Å²) < 4.78 is 8.29. The van der Waals surface area contributed by atoms with E-state index in [2.05, 4.69) is 48.5 Å². The number of aliphatic imine (C=N–C) groups is 1. The van der Waals surface area contributed by atoms with Crippen LogP contribution in [-0.2, 0) is 6.54 Å². The van der Waals surface area contributed by atoms with Crippen LogP contribution in [0, 0.1) is 6.92 Å². The van der Waals surface area contributed by atoms with E-state index in [1.54, 1.807) is 0 Å². The Bertz CT molecular complexity index is 1220. The zero-order valence-corrected chi connectivity index (χ0v) is 18.5. The molecule has 0 saturated heterocycles. The lowest BCUT2D eigenvalue weighted by Gasteiger charge is -2.13. The molecule has 4 aromatic rings. The standard InChI is InChI=1S/C26H25ClN2O/c1-5-29-25(18(3)28-4)17(2)23-15-20(27)16-24(26(23)29)19-11-13-22(14-12-19)30-21-9-7-6-8-10-21/h6-16H,5H2,1-4H3. The number of benzene rings is 3. The van der Waals surface area contributed by atoms with Crippen LogP contribution in [0.2, 0.25) is 5.02 Å². The predicted octanol–water partition coefficient (Wildman–Crippen LogP) is 7.52. The van der Waals surface area contributed by atoms with Gasteiger partial charge >= 0.3 is 0 Å². The largest absolute Gasteiger partial charge is 0.457 e. The van der Waals surface area contributed by atoms with Crippen molar-refractivity contribution in [2.45, 2.75) is 27.3 Å².